The molecule has 192 valence electrons. The van der Waals surface area contributed by atoms with Crippen LogP contribution in [0, 0.1) is 0 Å². The molecule has 4 rings (SSSR count). The summed E-state index contributed by atoms with van der Waals surface area (Å²) in [5, 5.41) is 11.1. The van der Waals surface area contributed by atoms with E-state index in [9.17, 15) is 30.4 Å². The smallest absolute Gasteiger partial charge is 0.264 e. The average Bonchev–Trinajstić information content (AvgIpc) is 3.07. The van der Waals surface area contributed by atoms with Crippen molar-refractivity contribution < 1.29 is 30.4 Å². The molecule has 0 aromatic heterocycles. The van der Waals surface area contributed by atoms with Gasteiger partial charge in [0.05, 0.1) is 39.1 Å². The van der Waals surface area contributed by atoms with Crippen LogP contribution in [0.5, 0.6) is 0 Å². The molecular formula is C22H20Cl2N2O7S3. The fraction of sp³-hybridized carbons (Fsp3) is 0.182. The molecule has 1 heterocycles. The lowest BCUT2D eigenvalue weighted by Crippen LogP contribution is -2.47. The van der Waals surface area contributed by atoms with Gasteiger partial charge < -0.3 is 5.11 Å². The molecule has 1 aliphatic rings. The summed E-state index contributed by atoms with van der Waals surface area (Å²) in [5.41, 5.74) is 0.178. The number of hydrogen-bond donors (Lipinski definition) is 2. The minimum Gasteiger partial charge on any atom is -0.390 e. The monoisotopic (exact) mass is 590 g/mol. The SMILES string of the molecule is O=S1(=O)C[C@@H](N(c2ccc(NS(=O)(=O)c3ccc(Cl)cc3)cc2)S(=O)(=O)c2ccc(Cl)cc2)[C@@H](O)C1. The highest BCUT2D eigenvalue weighted by atomic mass is 35.5. The molecular weight excluding hydrogens is 571 g/mol. The van der Waals surface area contributed by atoms with Gasteiger partial charge in [0.1, 0.15) is 0 Å². The Morgan fingerprint density at radius 2 is 1.28 bits per heavy atom. The van der Waals surface area contributed by atoms with Crippen LogP contribution >= 0.6 is 23.2 Å². The molecule has 14 heteroatoms. The molecule has 1 fully saturated rings. The summed E-state index contributed by atoms with van der Waals surface area (Å²) in [4.78, 5) is -0.182. The van der Waals surface area contributed by atoms with Crippen molar-refractivity contribution in [3.63, 3.8) is 0 Å². The number of halogens is 2. The standard InChI is InChI=1S/C22H20Cl2N2O7S3/c23-15-1-9-19(10-2-15)35(30,31)25-17-5-7-18(8-6-17)26(21-13-34(28,29)14-22(21)27)36(32,33)20-11-3-16(24)4-12-20/h1-12,21-22,25,27H,13-14H2/t21-,22+/m1/s1. The third-order valence-corrected chi connectivity index (χ3v) is 10.9. The second kappa shape index (κ2) is 9.84. The van der Waals surface area contributed by atoms with E-state index in [1.807, 2.05) is 0 Å². The van der Waals surface area contributed by atoms with Crippen molar-refractivity contribution in [2.75, 3.05) is 20.5 Å². The largest absolute Gasteiger partial charge is 0.390 e. The molecule has 3 aromatic carbocycles. The summed E-state index contributed by atoms with van der Waals surface area (Å²) in [7, 11) is -12.0. The zero-order valence-corrected chi connectivity index (χ0v) is 22.3. The van der Waals surface area contributed by atoms with E-state index in [1.165, 1.54) is 72.8 Å². The Morgan fingerprint density at radius 1 is 0.778 bits per heavy atom. The zero-order valence-electron chi connectivity index (χ0n) is 18.3. The number of hydrogen-bond acceptors (Lipinski definition) is 7. The van der Waals surface area contributed by atoms with Gasteiger partial charge in [-0.1, -0.05) is 23.2 Å². The topological polar surface area (TPSA) is 138 Å². The minimum absolute atomic E-state index is 0.0257. The number of nitrogens with zero attached hydrogens (tertiary/aromatic N) is 1. The van der Waals surface area contributed by atoms with Crippen LogP contribution in [0.15, 0.2) is 82.6 Å². The first-order chi connectivity index (χ1) is 16.8. The van der Waals surface area contributed by atoms with Crippen LogP contribution in [0.3, 0.4) is 0 Å². The number of aliphatic hydroxyl groups is 1. The Balaban J connectivity index is 1.71. The Kier molecular flexibility index (Phi) is 7.30. The zero-order chi connectivity index (χ0) is 26.3. The summed E-state index contributed by atoms with van der Waals surface area (Å²) in [5.74, 6) is -1.16. The third kappa shape index (κ3) is 5.63. The molecule has 1 saturated heterocycles. The fourth-order valence-corrected chi connectivity index (χ4v) is 8.62. The average molecular weight is 592 g/mol. The number of sulfone groups is 1. The van der Waals surface area contributed by atoms with Crippen LogP contribution in [0.2, 0.25) is 10.0 Å². The minimum atomic E-state index is -4.33. The lowest BCUT2D eigenvalue weighted by molar-refractivity contribution is 0.184. The van der Waals surface area contributed by atoms with Gasteiger partial charge in [-0.05, 0) is 72.8 Å². The first-order valence-corrected chi connectivity index (χ1v) is 15.9. The van der Waals surface area contributed by atoms with Crippen molar-refractivity contribution in [2.45, 2.75) is 21.9 Å². The maximum atomic E-state index is 13.6. The number of anilines is 2. The highest BCUT2D eigenvalue weighted by Gasteiger charge is 2.45. The van der Waals surface area contributed by atoms with Crippen molar-refractivity contribution >= 4 is 64.5 Å². The molecule has 2 atom stereocenters. The second-order valence-electron chi connectivity index (χ2n) is 8.07. The van der Waals surface area contributed by atoms with Crippen LogP contribution < -0.4 is 9.03 Å². The first kappa shape index (κ1) is 26.7. The molecule has 9 nitrogen and oxygen atoms in total. The summed E-state index contributed by atoms with van der Waals surface area (Å²) >= 11 is 11.7. The molecule has 0 spiro atoms. The maximum Gasteiger partial charge on any atom is 0.264 e. The Hall–Kier alpha value is -2.35. The Labute approximate surface area is 219 Å². The number of benzene rings is 3. The highest BCUT2D eigenvalue weighted by Crippen LogP contribution is 2.32. The Morgan fingerprint density at radius 3 is 1.75 bits per heavy atom. The molecule has 0 unspecified atom stereocenters. The molecule has 0 radical (unpaired) electrons. The van der Waals surface area contributed by atoms with Gasteiger partial charge in [-0.15, -0.1) is 0 Å². The lowest BCUT2D eigenvalue weighted by Gasteiger charge is -2.31. The van der Waals surface area contributed by atoms with Gasteiger partial charge in [0.15, 0.2) is 9.84 Å². The number of nitrogens with one attached hydrogen (secondary N) is 1. The van der Waals surface area contributed by atoms with E-state index in [4.69, 9.17) is 23.2 Å². The van der Waals surface area contributed by atoms with Crippen LogP contribution in [0.25, 0.3) is 0 Å². The van der Waals surface area contributed by atoms with E-state index in [2.05, 4.69) is 4.72 Å². The molecule has 0 saturated carbocycles. The third-order valence-electron chi connectivity index (χ3n) is 5.46. The van der Waals surface area contributed by atoms with Crippen molar-refractivity contribution in [1.29, 1.82) is 0 Å². The van der Waals surface area contributed by atoms with E-state index in [0.717, 1.165) is 4.31 Å². The molecule has 36 heavy (non-hydrogen) atoms. The predicted molar refractivity (Wildman–Crippen MR) is 138 cm³/mol. The van der Waals surface area contributed by atoms with E-state index in [1.54, 1.807) is 0 Å². The van der Waals surface area contributed by atoms with E-state index in [-0.39, 0.29) is 21.2 Å². The van der Waals surface area contributed by atoms with Gasteiger partial charge in [-0.2, -0.15) is 0 Å². The summed E-state index contributed by atoms with van der Waals surface area (Å²) in [6.45, 7) is 0. The maximum absolute atomic E-state index is 13.6. The number of sulfonamides is 2. The molecule has 0 aliphatic carbocycles. The fourth-order valence-electron chi connectivity index (χ4n) is 3.77. The quantitative estimate of drug-likeness (QED) is 0.431. The van der Waals surface area contributed by atoms with Crippen LogP contribution in [-0.4, -0.2) is 54.0 Å². The van der Waals surface area contributed by atoms with Crippen LogP contribution in [0.1, 0.15) is 0 Å². The second-order valence-corrected chi connectivity index (χ2v) is 14.6. The van der Waals surface area contributed by atoms with Crippen LogP contribution in [-0.2, 0) is 29.9 Å². The van der Waals surface area contributed by atoms with Gasteiger partial charge >= 0.3 is 0 Å². The van der Waals surface area contributed by atoms with E-state index >= 15 is 0 Å². The van der Waals surface area contributed by atoms with Gasteiger partial charge in [-0.25, -0.2) is 25.3 Å². The summed E-state index contributed by atoms with van der Waals surface area (Å²) < 4.78 is 80.0. The Bertz CT molecular complexity index is 1580. The normalized spacial score (nSPS) is 19.6. The molecule has 1 aliphatic heterocycles. The van der Waals surface area contributed by atoms with Crippen molar-refractivity contribution in [3.05, 3.63) is 82.8 Å². The van der Waals surface area contributed by atoms with Crippen molar-refractivity contribution in [2.24, 2.45) is 0 Å². The predicted octanol–water partition coefficient (Wildman–Crippen LogP) is 3.15. The van der Waals surface area contributed by atoms with Gasteiger partial charge in [-0.3, -0.25) is 9.03 Å². The summed E-state index contributed by atoms with van der Waals surface area (Å²) in [6, 6.07) is 14.9. The van der Waals surface area contributed by atoms with Crippen molar-refractivity contribution in [1.82, 2.24) is 0 Å². The highest BCUT2D eigenvalue weighted by molar-refractivity contribution is 7.93. The molecule has 0 bridgehead atoms. The lowest BCUT2D eigenvalue weighted by atomic mass is 10.2. The molecule has 2 N–H and O–H groups in total. The van der Waals surface area contributed by atoms with Gasteiger partial charge in [0, 0.05) is 15.7 Å². The molecule has 0 amide bonds. The number of aliphatic hydroxyl groups excluding tert-OH is 1. The van der Waals surface area contributed by atoms with Crippen molar-refractivity contribution in [3.8, 4) is 0 Å². The van der Waals surface area contributed by atoms with Gasteiger partial charge in [0.2, 0.25) is 0 Å². The molecule has 3 aromatic rings. The van der Waals surface area contributed by atoms with E-state index < -0.39 is 53.5 Å². The first-order valence-electron chi connectivity index (χ1n) is 10.4. The van der Waals surface area contributed by atoms with Crippen LogP contribution in [0.4, 0.5) is 11.4 Å². The number of rotatable bonds is 7. The van der Waals surface area contributed by atoms with E-state index in [0.29, 0.717) is 10.0 Å². The van der Waals surface area contributed by atoms with Gasteiger partial charge in [0.25, 0.3) is 20.0 Å². The summed E-state index contributed by atoms with van der Waals surface area (Å²) in [6.07, 6.45) is -1.46.